The molecular formula is C68H123N7O17S. The number of aromatic hydroxyl groups is 1. The van der Waals surface area contributed by atoms with E-state index in [-0.39, 0.29) is 131 Å². The molecule has 1 aromatic rings. The van der Waals surface area contributed by atoms with E-state index in [1.165, 1.54) is 25.7 Å². The molecule has 0 bridgehead atoms. The predicted octanol–water partition coefficient (Wildman–Crippen LogP) is 9.01. The van der Waals surface area contributed by atoms with Crippen molar-refractivity contribution in [2.75, 3.05) is 85.8 Å². The number of likely N-dealkylation sites (N-methyl/N-ethyl adjacent to an activating group) is 1. The molecule has 0 heterocycles. The molecule has 0 spiro atoms. The van der Waals surface area contributed by atoms with Gasteiger partial charge in [0.05, 0.1) is 50.7 Å². The van der Waals surface area contributed by atoms with Gasteiger partial charge in [-0.25, -0.2) is 4.79 Å². The monoisotopic (exact) mass is 1340 g/mol. The molecule has 3 amide bonds. The predicted molar refractivity (Wildman–Crippen MR) is 365 cm³/mol. The second-order valence-electron chi connectivity index (χ2n) is 24.7. The van der Waals surface area contributed by atoms with Crippen molar-refractivity contribution in [3.8, 4) is 5.75 Å². The maximum absolute atomic E-state index is 12.7. The molecule has 0 aliphatic carbocycles. The van der Waals surface area contributed by atoms with Gasteiger partial charge in [0, 0.05) is 70.8 Å². The number of phenols is 1. The van der Waals surface area contributed by atoms with Gasteiger partial charge in [0.2, 0.25) is 17.7 Å². The maximum atomic E-state index is 12.7. The highest BCUT2D eigenvalue weighted by Crippen LogP contribution is 2.20. The number of amidine groups is 1. The first-order chi connectivity index (χ1) is 44.0. The van der Waals surface area contributed by atoms with Crippen LogP contribution in [0.1, 0.15) is 215 Å². The maximum Gasteiger partial charge on any atom is 0.326 e. The van der Waals surface area contributed by atoms with Crippen LogP contribution in [0.2, 0.25) is 0 Å². The number of Topliss-reactive ketones (excluding diaryl/α,β-unsaturated/α-hetero) is 4. The fourth-order valence-corrected chi connectivity index (χ4v) is 10.1. The summed E-state index contributed by atoms with van der Waals surface area (Å²) in [4.78, 5) is 95.7. The van der Waals surface area contributed by atoms with Crippen LogP contribution in [0.4, 0.5) is 0 Å². The minimum atomic E-state index is -3.83. The minimum absolute atomic E-state index is 0. The van der Waals surface area contributed by atoms with Crippen molar-refractivity contribution >= 4 is 62.8 Å². The average Bonchev–Trinajstić information content (AvgIpc) is 0.984. The summed E-state index contributed by atoms with van der Waals surface area (Å²) in [5.74, 6) is -1.43. The number of phenolic OH excluding ortho intramolecular Hbond substituents is 1. The number of nitrogens with two attached hydrogens (primary N) is 2. The molecule has 0 fully saturated rings. The fourth-order valence-electron chi connectivity index (χ4n) is 9.57. The topological polar surface area (TPSA) is 384 Å². The van der Waals surface area contributed by atoms with Crippen LogP contribution in [0, 0.1) is 23.2 Å². The van der Waals surface area contributed by atoms with Crippen LogP contribution >= 0.6 is 0 Å². The summed E-state index contributed by atoms with van der Waals surface area (Å²) in [7, 11) is -0.153. The number of aliphatic carboxylic acids is 1. The Morgan fingerprint density at radius 2 is 1.15 bits per heavy atom. The summed E-state index contributed by atoms with van der Waals surface area (Å²) in [5.41, 5.74) is 12.4. The van der Waals surface area contributed by atoms with Gasteiger partial charge < -0.3 is 61.4 Å². The molecule has 0 aliphatic heterocycles. The van der Waals surface area contributed by atoms with E-state index in [1.54, 1.807) is 38.1 Å². The molecular weight excluding hydrogens is 1220 g/mol. The first-order valence-corrected chi connectivity index (χ1v) is 35.2. The highest BCUT2D eigenvalue weighted by molar-refractivity contribution is 7.85. The zero-order valence-electron chi connectivity index (χ0n) is 57.5. The lowest BCUT2D eigenvalue weighted by Crippen LogP contribution is -2.39. The Hall–Kier alpha value is -5.70. The number of benzene rings is 1. The Labute approximate surface area is 558 Å². The fraction of sp³-hybridized carbons (Fsp3) is 0.750. The number of rotatable bonds is 59. The van der Waals surface area contributed by atoms with E-state index in [0.29, 0.717) is 76.3 Å². The number of carboxylic acids is 1. The highest BCUT2D eigenvalue weighted by Gasteiger charge is 2.27. The number of amides is 3. The molecule has 0 radical (unpaired) electrons. The van der Waals surface area contributed by atoms with Crippen LogP contribution in [0.15, 0.2) is 36.5 Å². The van der Waals surface area contributed by atoms with E-state index in [1.807, 2.05) is 39.8 Å². The molecule has 538 valence electrons. The molecule has 4 atom stereocenters. The molecule has 93 heavy (non-hydrogen) atoms. The number of nitrogens with one attached hydrogen (secondary N) is 4. The Morgan fingerprint density at radius 3 is 1.67 bits per heavy atom. The van der Waals surface area contributed by atoms with E-state index in [4.69, 9.17) is 40.4 Å². The van der Waals surface area contributed by atoms with E-state index in [0.717, 1.165) is 95.5 Å². The summed E-state index contributed by atoms with van der Waals surface area (Å²) in [5, 5.41) is 34.7. The van der Waals surface area contributed by atoms with Gasteiger partial charge in [-0.1, -0.05) is 123 Å². The lowest BCUT2D eigenvalue weighted by molar-refractivity contribution is -0.139. The van der Waals surface area contributed by atoms with Crippen molar-refractivity contribution in [1.82, 2.24) is 20.9 Å². The number of carboxylic acid groups (broad SMARTS) is 1. The molecule has 25 heteroatoms. The van der Waals surface area contributed by atoms with Gasteiger partial charge in [-0.15, -0.1) is 0 Å². The van der Waals surface area contributed by atoms with Crippen LogP contribution < -0.4 is 27.4 Å². The Morgan fingerprint density at radius 1 is 0.624 bits per heavy atom. The molecule has 0 saturated carbocycles. The average molecular weight is 1340 g/mol. The molecule has 11 N–H and O–H groups in total. The summed E-state index contributed by atoms with van der Waals surface area (Å²) >= 11 is 0. The zero-order valence-corrected chi connectivity index (χ0v) is 58.4. The lowest BCUT2D eigenvalue weighted by atomic mass is 9.90. The van der Waals surface area contributed by atoms with Gasteiger partial charge in [-0.2, -0.15) is 8.42 Å². The van der Waals surface area contributed by atoms with Gasteiger partial charge in [0.1, 0.15) is 36.6 Å². The second kappa shape index (κ2) is 57.7. The third-order valence-corrected chi connectivity index (χ3v) is 15.8. The highest BCUT2D eigenvalue weighted by atomic mass is 32.2. The number of carbonyl (C=O) groups is 8. The quantitative estimate of drug-likeness (QED) is 0.0127. The van der Waals surface area contributed by atoms with Crippen molar-refractivity contribution in [1.29, 1.82) is 5.41 Å². The Balaban J connectivity index is -0.00000199. The Kier molecular flexibility index (Phi) is 55.5. The second-order valence-corrected chi connectivity index (χ2v) is 26.3. The van der Waals surface area contributed by atoms with E-state index in [2.05, 4.69) is 22.5 Å². The molecule has 1 aromatic carbocycles. The normalized spacial score (nSPS) is 12.5. The number of nitrogens with zero attached hydrogens (tertiary/aromatic N) is 1. The number of hydrogen-bond acceptors (Lipinski definition) is 18. The van der Waals surface area contributed by atoms with Crippen LogP contribution in [-0.2, 0) is 73.8 Å². The largest absolute Gasteiger partial charge is 0.508 e. The van der Waals surface area contributed by atoms with Crippen molar-refractivity contribution in [3.63, 3.8) is 0 Å². The summed E-state index contributed by atoms with van der Waals surface area (Å²) < 4.78 is 51.7. The van der Waals surface area contributed by atoms with Crippen molar-refractivity contribution in [3.05, 3.63) is 42.1 Å². The minimum Gasteiger partial charge on any atom is -0.508 e. The Bertz CT molecular complexity index is 2370. The van der Waals surface area contributed by atoms with Gasteiger partial charge in [-0.3, -0.25) is 43.6 Å². The molecule has 0 saturated heterocycles. The van der Waals surface area contributed by atoms with Crippen molar-refractivity contribution < 1.29 is 81.9 Å². The molecule has 0 unspecified atom stereocenters. The smallest absolute Gasteiger partial charge is 0.326 e. The van der Waals surface area contributed by atoms with Gasteiger partial charge >= 0.3 is 5.97 Å². The number of ether oxygens (including phenoxy) is 4. The summed E-state index contributed by atoms with van der Waals surface area (Å²) in [6.07, 6.45) is 21.8. The number of carbonyl (C=O) groups excluding carboxylic acids is 7. The van der Waals surface area contributed by atoms with Crippen LogP contribution in [-0.4, -0.2) is 179 Å². The number of hydrogen-bond donors (Lipinski definition) is 9. The number of primary amides is 1. The SMILES string of the molecule is C=C(CCCCCCCCCCCCCCCS(=O)(=O)O)N[C@@H](CCC(=O)NCCOCCOCC(=O)CCCOCCOCC(=O)NCCCC[C@H](C)C(C)=O)C(=O)O.CC(=O)CC(C)C.CN(C)[C@@H](CCCCC(=N)N)C(=O)C[C@@H](Cc1ccc(O)cc1)C(N)=O.[HH]. The first kappa shape index (κ1) is 89.4. The summed E-state index contributed by atoms with van der Waals surface area (Å²) in [6, 6.07) is 5.36. The lowest BCUT2D eigenvalue weighted by Gasteiger charge is -2.24. The van der Waals surface area contributed by atoms with Crippen molar-refractivity contribution in [2.45, 2.75) is 226 Å². The molecule has 24 nitrogen and oxygen atoms in total. The molecule has 0 aromatic heterocycles. The molecule has 1 rings (SSSR count). The standard InChI is InChI=1S/C43H79N3O13S.C19H30N4O3.C6H12O.H2/c1-36(38(3)47)20-16-17-25-44-42(50)35-59-32-29-56-27-19-22-39(48)34-58-31-30-57-28-26-45-41(49)24-23-40(43(51)52)46-37(2)21-15-13-11-9-7-5-4-6-8-10-12-14-18-33-60(53,54)55;1-23(2)16(5-3-4-6-18(20)21)17(25)12-14(19(22)26)11-13-7-9-15(24)10-8-13;1-5(2)4-6(3)7;/h36,40,46H,2,4-35H2,1,3H3,(H,44,50)(H,45,49)(H,51,52)(H,53,54,55);7-10,14,16,24H,3-6,11-12H2,1-2H3,(H3,20,21)(H2,22,26);5H,4H2,1-3H3;1H/t36-,40-;14-,16+;;/m01../s1. The summed E-state index contributed by atoms with van der Waals surface area (Å²) in [6.45, 7) is 15.6. The van der Waals surface area contributed by atoms with Crippen LogP contribution in [0.3, 0.4) is 0 Å². The van der Waals surface area contributed by atoms with Crippen LogP contribution in [0.5, 0.6) is 5.75 Å². The molecule has 0 aliphatic rings. The first-order valence-electron chi connectivity index (χ1n) is 33.6. The zero-order chi connectivity index (χ0) is 70.2. The van der Waals surface area contributed by atoms with Gasteiger partial charge in [0.15, 0.2) is 11.6 Å². The van der Waals surface area contributed by atoms with E-state index >= 15 is 0 Å². The third-order valence-electron chi connectivity index (χ3n) is 15.0. The third kappa shape index (κ3) is 59.8. The van der Waals surface area contributed by atoms with Gasteiger partial charge in [-0.05, 0) is 116 Å². The number of unbranched alkanes of at least 4 members (excludes halogenated alkanes) is 14. The number of allylic oxidation sites excluding steroid dienone is 1. The van der Waals surface area contributed by atoms with Gasteiger partial charge in [0.25, 0.3) is 10.1 Å². The van der Waals surface area contributed by atoms with Crippen LogP contribution in [0.25, 0.3) is 0 Å². The van der Waals surface area contributed by atoms with E-state index in [9.17, 15) is 57.0 Å². The van der Waals surface area contributed by atoms with Crippen molar-refractivity contribution in [2.24, 2.45) is 29.2 Å². The van der Waals surface area contributed by atoms with E-state index < -0.39 is 34.0 Å². The number of ketones is 4.